The lowest BCUT2D eigenvalue weighted by molar-refractivity contribution is 0.106. The molecular weight excluding hydrogens is 436 g/mol. The summed E-state index contributed by atoms with van der Waals surface area (Å²) in [6.45, 7) is 6.48. The van der Waals surface area contributed by atoms with E-state index in [0.717, 1.165) is 57.2 Å². The van der Waals surface area contributed by atoms with Gasteiger partial charge in [0.2, 0.25) is 0 Å². The average Bonchev–Trinajstić information content (AvgIpc) is 2.84. The third-order valence-corrected chi connectivity index (χ3v) is 5.93. The summed E-state index contributed by atoms with van der Waals surface area (Å²) >= 11 is 0. The molecule has 1 aliphatic heterocycles. The first-order valence-corrected chi connectivity index (χ1v) is 11.1. The van der Waals surface area contributed by atoms with E-state index in [1.807, 2.05) is 24.3 Å². The second-order valence-electron chi connectivity index (χ2n) is 8.06. The van der Waals surface area contributed by atoms with Crippen molar-refractivity contribution < 1.29 is 14.9 Å². The number of nitrogens with zero attached hydrogens (tertiary/aromatic N) is 2. The molecule has 0 saturated carbocycles. The Bertz CT molecular complexity index is 919. The number of methoxy groups -OCH3 is 1. The van der Waals surface area contributed by atoms with Crippen LogP contribution in [0.1, 0.15) is 23.7 Å². The van der Waals surface area contributed by atoms with Crippen LogP contribution in [0.15, 0.2) is 84.9 Å². The SMILES string of the molecule is COc1ccccc1OC(CCN1CCN(Cc2ccccc2)CC1)c1ccccc1.Cl.O. The second kappa shape index (κ2) is 13.9. The summed E-state index contributed by atoms with van der Waals surface area (Å²) in [5.74, 6) is 1.57. The van der Waals surface area contributed by atoms with Crippen LogP contribution < -0.4 is 9.47 Å². The van der Waals surface area contributed by atoms with Gasteiger partial charge in [-0.05, 0) is 23.3 Å². The molecule has 3 aromatic rings. The van der Waals surface area contributed by atoms with E-state index >= 15 is 0 Å². The van der Waals surface area contributed by atoms with E-state index < -0.39 is 0 Å². The Morgan fingerprint density at radius 1 is 0.727 bits per heavy atom. The standard InChI is InChI=1S/C27H32N2O2.ClH.H2O/c1-30-26-14-8-9-15-27(26)31-25(24-12-6-3-7-13-24)16-17-28-18-20-29(21-19-28)22-23-10-4-2-5-11-23;;/h2-15,25H,16-22H2,1H3;1H;1H2. The fourth-order valence-electron chi connectivity index (χ4n) is 4.14. The van der Waals surface area contributed by atoms with Crippen LogP contribution in [0.2, 0.25) is 0 Å². The second-order valence-corrected chi connectivity index (χ2v) is 8.06. The van der Waals surface area contributed by atoms with Crippen LogP contribution in [-0.4, -0.2) is 55.1 Å². The lowest BCUT2D eigenvalue weighted by Crippen LogP contribution is -2.46. The van der Waals surface area contributed by atoms with Gasteiger partial charge in [0.05, 0.1) is 7.11 Å². The van der Waals surface area contributed by atoms with Crippen molar-refractivity contribution >= 4 is 12.4 Å². The van der Waals surface area contributed by atoms with Crippen molar-refractivity contribution in [2.75, 3.05) is 39.8 Å². The van der Waals surface area contributed by atoms with Crippen LogP contribution in [0.25, 0.3) is 0 Å². The number of hydrogen-bond acceptors (Lipinski definition) is 4. The van der Waals surface area contributed by atoms with Crippen LogP contribution >= 0.6 is 12.4 Å². The summed E-state index contributed by atoms with van der Waals surface area (Å²) in [6.07, 6.45) is 0.945. The van der Waals surface area contributed by atoms with Gasteiger partial charge in [-0.3, -0.25) is 4.90 Å². The van der Waals surface area contributed by atoms with Crippen molar-refractivity contribution in [2.45, 2.75) is 19.1 Å². The Balaban J connectivity index is 0.00000193. The maximum Gasteiger partial charge on any atom is 0.162 e. The summed E-state index contributed by atoms with van der Waals surface area (Å²) in [5, 5.41) is 0. The first-order valence-electron chi connectivity index (χ1n) is 11.1. The van der Waals surface area contributed by atoms with Gasteiger partial charge in [0.25, 0.3) is 0 Å². The average molecular weight is 471 g/mol. The zero-order valence-corrected chi connectivity index (χ0v) is 20.0. The lowest BCUT2D eigenvalue weighted by atomic mass is 10.1. The third kappa shape index (κ3) is 7.76. The third-order valence-electron chi connectivity index (χ3n) is 5.93. The fraction of sp³-hybridized carbons (Fsp3) is 0.333. The largest absolute Gasteiger partial charge is 0.493 e. The van der Waals surface area contributed by atoms with Gasteiger partial charge in [-0.15, -0.1) is 12.4 Å². The maximum absolute atomic E-state index is 6.45. The molecule has 0 aliphatic carbocycles. The first-order chi connectivity index (χ1) is 15.3. The molecule has 0 bridgehead atoms. The number of ether oxygens (including phenoxy) is 2. The molecule has 1 unspecified atom stereocenters. The van der Waals surface area contributed by atoms with E-state index in [1.165, 1.54) is 11.1 Å². The van der Waals surface area contributed by atoms with Crippen molar-refractivity contribution in [3.8, 4) is 11.5 Å². The van der Waals surface area contributed by atoms with Crippen molar-refractivity contribution in [2.24, 2.45) is 0 Å². The predicted molar refractivity (Wildman–Crippen MR) is 136 cm³/mol. The summed E-state index contributed by atoms with van der Waals surface area (Å²) in [7, 11) is 1.69. The molecule has 1 heterocycles. The Kier molecular flexibility index (Phi) is 11.2. The van der Waals surface area contributed by atoms with Crippen molar-refractivity contribution in [1.82, 2.24) is 9.80 Å². The molecule has 6 heteroatoms. The van der Waals surface area contributed by atoms with Gasteiger partial charge in [0.15, 0.2) is 11.5 Å². The summed E-state index contributed by atoms with van der Waals surface area (Å²) in [5.41, 5.74) is 2.60. The van der Waals surface area contributed by atoms with E-state index in [2.05, 4.69) is 70.5 Å². The van der Waals surface area contributed by atoms with Crippen LogP contribution in [0.4, 0.5) is 0 Å². The monoisotopic (exact) mass is 470 g/mol. The normalized spacial score (nSPS) is 15.1. The Labute approximate surface area is 203 Å². The molecule has 1 fully saturated rings. The number of rotatable bonds is 9. The van der Waals surface area contributed by atoms with Gasteiger partial charge in [0.1, 0.15) is 6.10 Å². The Morgan fingerprint density at radius 3 is 1.91 bits per heavy atom. The van der Waals surface area contributed by atoms with Crippen LogP contribution in [0.3, 0.4) is 0 Å². The maximum atomic E-state index is 6.45. The highest BCUT2D eigenvalue weighted by Gasteiger charge is 2.20. The summed E-state index contributed by atoms with van der Waals surface area (Å²) in [6, 6.07) is 29.2. The number of benzene rings is 3. The lowest BCUT2D eigenvalue weighted by Gasteiger charge is -2.35. The van der Waals surface area contributed by atoms with Gasteiger partial charge in [0, 0.05) is 45.7 Å². The van der Waals surface area contributed by atoms with Gasteiger partial charge in [-0.25, -0.2) is 0 Å². The molecule has 0 amide bonds. The molecule has 2 N–H and O–H groups in total. The van der Waals surface area contributed by atoms with Gasteiger partial charge in [-0.2, -0.15) is 0 Å². The summed E-state index contributed by atoms with van der Waals surface area (Å²) < 4.78 is 11.9. The zero-order chi connectivity index (χ0) is 21.3. The van der Waals surface area contributed by atoms with Gasteiger partial charge < -0.3 is 19.8 Å². The van der Waals surface area contributed by atoms with E-state index in [4.69, 9.17) is 9.47 Å². The number of piperazine rings is 1. The molecule has 0 radical (unpaired) electrons. The predicted octanol–water partition coefficient (Wildman–Crippen LogP) is 4.62. The zero-order valence-electron chi connectivity index (χ0n) is 19.2. The highest BCUT2D eigenvalue weighted by Crippen LogP contribution is 2.32. The minimum absolute atomic E-state index is 0. The molecule has 1 aliphatic rings. The minimum atomic E-state index is -0.000140. The van der Waals surface area contributed by atoms with Crippen molar-refractivity contribution in [1.29, 1.82) is 0 Å². The highest BCUT2D eigenvalue weighted by molar-refractivity contribution is 5.85. The molecule has 4 rings (SSSR count). The quantitative estimate of drug-likeness (QED) is 0.458. The molecule has 3 aromatic carbocycles. The fourth-order valence-corrected chi connectivity index (χ4v) is 4.14. The van der Waals surface area contributed by atoms with E-state index in [1.54, 1.807) is 7.11 Å². The van der Waals surface area contributed by atoms with Gasteiger partial charge in [-0.1, -0.05) is 72.8 Å². The van der Waals surface area contributed by atoms with E-state index in [9.17, 15) is 0 Å². The molecule has 0 spiro atoms. The Morgan fingerprint density at radius 2 is 1.27 bits per heavy atom. The molecule has 0 aromatic heterocycles. The number of halogens is 1. The smallest absolute Gasteiger partial charge is 0.162 e. The van der Waals surface area contributed by atoms with Crippen molar-refractivity contribution in [3.05, 3.63) is 96.1 Å². The molecule has 1 saturated heterocycles. The van der Waals surface area contributed by atoms with E-state index in [0.29, 0.717) is 0 Å². The molecule has 5 nitrogen and oxygen atoms in total. The topological polar surface area (TPSA) is 56.4 Å². The molecular formula is C27H35ClN2O3. The van der Waals surface area contributed by atoms with Crippen LogP contribution in [0.5, 0.6) is 11.5 Å². The molecule has 33 heavy (non-hydrogen) atoms. The van der Waals surface area contributed by atoms with Crippen LogP contribution in [-0.2, 0) is 6.54 Å². The highest BCUT2D eigenvalue weighted by atomic mass is 35.5. The van der Waals surface area contributed by atoms with Crippen LogP contribution in [0, 0.1) is 0 Å². The summed E-state index contributed by atoms with van der Waals surface area (Å²) in [4.78, 5) is 5.11. The first kappa shape index (κ1) is 26.7. The molecule has 1 atom stereocenters. The Hall–Kier alpha value is -2.57. The van der Waals surface area contributed by atoms with E-state index in [-0.39, 0.29) is 24.0 Å². The molecule has 178 valence electrons. The van der Waals surface area contributed by atoms with Crippen molar-refractivity contribution in [3.63, 3.8) is 0 Å². The number of hydrogen-bond donors (Lipinski definition) is 0. The van der Waals surface area contributed by atoms with Gasteiger partial charge >= 0.3 is 0 Å². The number of para-hydroxylation sites is 2. The minimum Gasteiger partial charge on any atom is -0.493 e.